The lowest BCUT2D eigenvalue weighted by Gasteiger charge is -2.19. The number of aromatic nitrogens is 1. The highest BCUT2D eigenvalue weighted by molar-refractivity contribution is 7.14. The highest BCUT2D eigenvalue weighted by Gasteiger charge is 2.21. The summed E-state index contributed by atoms with van der Waals surface area (Å²) in [6.07, 6.45) is 6.12. The second kappa shape index (κ2) is 8.02. The number of nitrogens with zero attached hydrogens (tertiary/aromatic N) is 2. The van der Waals surface area contributed by atoms with Gasteiger partial charge in [0.15, 0.2) is 0 Å². The van der Waals surface area contributed by atoms with Crippen LogP contribution in [0.3, 0.4) is 0 Å². The predicted octanol–water partition coefficient (Wildman–Crippen LogP) is 5.54. The van der Waals surface area contributed by atoms with Crippen LogP contribution in [0.15, 0.2) is 35.4 Å². The summed E-state index contributed by atoms with van der Waals surface area (Å²) in [5.41, 5.74) is 6.61. The molecule has 1 aliphatic rings. The maximum absolute atomic E-state index is 12.5. The normalized spacial score (nSPS) is 16.5. The Bertz CT molecular complexity index is 1070. The number of carbonyl (C=O) groups is 1. The zero-order chi connectivity index (χ0) is 19.7. The minimum atomic E-state index is -0.177. The second-order valence-corrected chi connectivity index (χ2v) is 8.83. The van der Waals surface area contributed by atoms with Crippen molar-refractivity contribution in [3.8, 4) is 0 Å². The van der Waals surface area contributed by atoms with E-state index in [2.05, 4.69) is 22.4 Å². The Morgan fingerprint density at radius 3 is 3.07 bits per heavy atom. The molecule has 28 heavy (non-hydrogen) atoms. The standard InChI is InChI=1S/C22H22ClN3OS/c1-3-14-5-7-19-16(9-14)11-20(28-19)22(27)26-24-12-17-10-15-6-4-13(2)8-18(15)25-21(17)23/h4,6,8,10-12,14H,3,5,7,9H2,1-2H3,(H,26,27)/b24-12-/t14-/m1/s1. The average Bonchev–Trinajstić information content (AvgIpc) is 3.11. The van der Waals surface area contributed by atoms with Crippen LogP contribution in [0.2, 0.25) is 5.15 Å². The quantitative estimate of drug-likeness (QED) is 0.348. The number of halogens is 1. The molecule has 1 aliphatic carbocycles. The van der Waals surface area contributed by atoms with Crippen molar-refractivity contribution in [1.29, 1.82) is 0 Å². The first-order chi connectivity index (χ1) is 13.5. The van der Waals surface area contributed by atoms with Crippen molar-refractivity contribution < 1.29 is 4.79 Å². The van der Waals surface area contributed by atoms with Gasteiger partial charge in [-0.05, 0) is 61.4 Å². The molecule has 4 nitrogen and oxygen atoms in total. The third-order valence-electron chi connectivity index (χ3n) is 5.31. The Hall–Kier alpha value is -2.24. The number of amides is 1. The predicted molar refractivity (Wildman–Crippen MR) is 117 cm³/mol. The molecule has 6 heteroatoms. The first kappa shape index (κ1) is 19.1. The molecule has 2 aromatic heterocycles. The molecule has 1 N–H and O–H groups in total. The van der Waals surface area contributed by atoms with E-state index in [0.29, 0.717) is 10.7 Å². The molecular weight excluding hydrogens is 390 g/mol. The molecule has 144 valence electrons. The van der Waals surface area contributed by atoms with E-state index in [1.165, 1.54) is 23.3 Å². The van der Waals surface area contributed by atoms with E-state index in [-0.39, 0.29) is 5.91 Å². The third kappa shape index (κ3) is 3.96. The van der Waals surface area contributed by atoms with Crippen molar-refractivity contribution in [1.82, 2.24) is 10.4 Å². The number of hydrogen-bond donors (Lipinski definition) is 1. The third-order valence-corrected chi connectivity index (χ3v) is 6.85. The fraction of sp³-hybridized carbons (Fsp3) is 0.318. The van der Waals surface area contributed by atoms with Crippen LogP contribution in [0.5, 0.6) is 0 Å². The summed E-state index contributed by atoms with van der Waals surface area (Å²) >= 11 is 7.86. The molecule has 2 heterocycles. The van der Waals surface area contributed by atoms with Gasteiger partial charge in [0.05, 0.1) is 16.6 Å². The maximum atomic E-state index is 12.5. The van der Waals surface area contributed by atoms with Gasteiger partial charge in [0, 0.05) is 15.8 Å². The van der Waals surface area contributed by atoms with Gasteiger partial charge in [0.25, 0.3) is 5.91 Å². The topological polar surface area (TPSA) is 54.4 Å². The molecule has 0 unspecified atom stereocenters. The van der Waals surface area contributed by atoms with Gasteiger partial charge in [-0.1, -0.05) is 37.1 Å². The molecule has 0 bridgehead atoms. The number of carbonyl (C=O) groups excluding carboxylic acids is 1. The van der Waals surface area contributed by atoms with Crippen molar-refractivity contribution in [3.63, 3.8) is 0 Å². The van der Waals surface area contributed by atoms with Gasteiger partial charge < -0.3 is 0 Å². The van der Waals surface area contributed by atoms with Crippen molar-refractivity contribution in [2.24, 2.45) is 11.0 Å². The number of benzene rings is 1. The Morgan fingerprint density at radius 2 is 2.25 bits per heavy atom. The van der Waals surface area contributed by atoms with E-state index in [0.717, 1.165) is 40.1 Å². The highest BCUT2D eigenvalue weighted by atomic mass is 35.5. The van der Waals surface area contributed by atoms with Gasteiger partial charge in [-0.3, -0.25) is 4.79 Å². The minimum Gasteiger partial charge on any atom is -0.266 e. The number of hydrogen-bond acceptors (Lipinski definition) is 4. The lowest BCUT2D eigenvalue weighted by atomic mass is 9.87. The summed E-state index contributed by atoms with van der Waals surface area (Å²) in [4.78, 5) is 19.0. The molecule has 3 aromatic rings. The number of nitrogens with one attached hydrogen (secondary N) is 1. The van der Waals surface area contributed by atoms with Crippen LogP contribution in [0.4, 0.5) is 0 Å². The molecule has 0 fully saturated rings. The number of hydrazone groups is 1. The summed E-state index contributed by atoms with van der Waals surface area (Å²) < 4.78 is 0. The van der Waals surface area contributed by atoms with Gasteiger partial charge in [-0.15, -0.1) is 11.3 Å². The SMILES string of the molecule is CC[C@@H]1CCc2sc(C(=O)N/N=C\c3cc4ccc(C)cc4nc3Cl)cc2C1. The molecular formula is C22H22ClN3OS. The van der Waals surface area contributed by atoms with E-state index in [9.17, 15) is 4.79 Å². The zero-order valence-electron chi connectivity index (χ0n) is 16.0. The number of thiophene rings is 1. The smallest absolute Gasteiger partial charge is 0.266 e. The number of pyridine rings is 1. The van der Waals surface area contributed by atoms with Crippen LogP contribution in [-0.4, -0.2) is 17.1 Å². The molecule has 1 aromatic carbocycles. The van der Waals surface area contributed by atoms with Crippen LogP contribution in [0, 0.1) is 12.8 Å². The minimum absolute atomic E-state index is 0.177. The summed E-state index contributed by atoms with van der Waals surface area (Å²) in [5, 5.41) is 5.45. The summed E-state index contributed by atoms with van der Waals surface area (Å²) in [7, 11) is 0. The van der Waals surface area contributed by atoms with Gasteiger partial charge in [-0.25, -0.2) is 10.4 Å². The van der Waals surface area contributed by atoms with E-state index in [1.807, 2.05) is 37.3 Å². The average molecular weight is 412 g/mol. The van der Waals surface area contributed by atoms with E-state index in [4.69, 9.17) is 11.6 Å². The van der Waals surface area contributed by atoms with Gasteiger partial charge in [0.1, 0.15) is 5.15 Å². The van der Waals surface area contributed by atoms with Crippen molar-refractivity contribution in [3.05, 3.63) is 61.9 Å². The first-order valence-corrected chi connectivity index (χ1v) is 10.7. The molecule has 0 spiro atoms. The van der Waals surface area contributed by atoms with E-state index >= 15 is 0 Å². The molecule has 0 saturated heterocycles. The molecule has 0 aliphatic heterocycles. The highest BCUT2D eigenvalue weighted by Crippen LogP contribution is 2.33. The summed E-state index contributed by atoms with van der Waals surface area (Å²) in [5.74, 6) is 0.562. The van der Waals surface area contributed by atoms with Crippen LogP contribution < -0.4 is 5.43 Å². The molecule has 0 radical (unpaired) electrons. The summed E-state index contributed by atoms with van der Waals surface area (Å²) in [6.45, 7) is 4.25. The first-order valence-electron chi connectivity index (χ1n) is 9.55. The van der Waals surface area contributed by atoms with E-state index in [1.54, 1.807) is 17.6 Å². The Morgan fingerprint density at radius 1 is 1.39 bits per heavy atom. The molecule has 1 atom stereocenters. The lowest BCUT2D eigenvalue weighted by Crippen LogP contribution is -2.16. The Labute approximate surface area is 173 Å². The second-order valence-electron chi connectivity index (χ2n) is 7.34. The molecule has 4 rings (SSSR count). The monoisotopic (exact) mass is 411 g/mol. The lowest BCUT2D eigenvalue weighted by molar-refractivity contribution is 0.0959. The number of fused-ring (bicyclic) bond motifs is 2. The number of rotatable bonds is 4. The van der Waals surface area contributed by atoms with Crippen molar-refractivity contribution >= 4 is 46.0 Å². The van der Waals surface area contributed by atoms with Crippen molar-refractivity contribution in [2.45, 2.75) is 39.5 Å². The zero-order valence-corrected chi connectivity index (χ0v) is 17.5. The van der Waals surface area contributed by atoms with Crippen LogP contribution in [0.1, 0.15) is 51.0 Å². The van der Waals surface area contributed by atoms with Gasteiger partial charge in [-0.2, -0.15) is 5.10 Å². The van der Waals surface area contributed by atoms with Crippen LogP contribution in [-0.2, 0) is 12.8 Å². The fourth-order valence-corrected chi connectivity index (χ4v) is 4.93. The Balaban J connectivity index is 1.47. The van der Waals surface area contributed by atoms with Gasteiger partial charge >= 0.3 is 0 Å². The number of aryl methyl sites for hydroxylation is 2. The van der Waals surface area contributed by atoms with Crippen LogP contribution in [0.25, 0.3) is 10.9 Å². The van der Waals surface area contributed by atoms with E-state index < -0.39 is 0 Å². The molecule has 0 saturated carbocycles. The fourth-order valence-electron chi connectivity index (χ4n) is 3.64. The van der Waals surface area contributed by atoms with Crippen LogP contribution >= 0.6 is 22.9 Å². The maximum Gasteiger partial charge on any atom is 0.281 e. The Kier molecular flexibility index (Phi) is 5.47. The van der Waals surface area contributed by atoms with Gasteiger partial charge in [0.2, 0.25) is 0 Å². The summed E-state index contributed by atoms with van der Waals surface area (Å²) in [6, 6.07) is 9.98. The molecule has 1 amide bonds. The largest absolute Gasteiger partial charge is 0.281 e. The van der Waals surface area contributed by atoms with Crippen molar-refractivity contribution in [2.75, 3.05) is 0 Å².